The number of nitro benzene ring substituents is 1. The summed E-state index contributed by atoms with van der Waals surface area (Å²) in [6.45, 7) is -0.729. The largest absolute Gasteiger partial charge is 0.479 e. The van der Waals surface area contributed by atoms with Crippen LogP contribution in [0.2, 0.25) is 0 Å². The van der Waals surface area contributed by atoms with Crippen LogP contribution in [0.3, 0.4) is 0 Å². The Kier molecular flexibility index (Phi) is 5.71. The first kappa shape index (κ1) is 22.5. The summed E-state index contributed by atoms with van der Waals surface area (Å²) in [4.78, 5) is 39.4. The molecule has 0 saturated carbocycles. The molecule has 11 nitrogen and oxygen atoms in total. The smallest absolute Gasteiger partial charge is 0.341 e. The molecule has 2 aromatic heterocycles. The highest BCUT2D eigenvalue weighted by Crippen LogP contribution is 2.29. The molecule has 1 N–H and O–H groups in total. The molecule has 0 aliphatic heterocycles. The van der Waals surface area contributed by atoms with Gasteiger partial charge in [-0.25, -0.2) is 9.78 Å². The first-order valence-electron chi connectivity index (χ1n) is 10.6. The summed E-state index contributed by atoms with van der Waals surface area (Å²) < 4.78 is 12.0. The molecule has 0 radical (unpaired) electrons. The van der Waals surface area contributed by atoms with Crippen LogP contribution in [-0.4, -0.2) is 38.5 Å². The van der Waals surface area contributed by atoms with Gasteiger partial charge >= 0.3 is 11.7 Å². The molecule has 0 aliphatic rings. The van der Waals surface area contributed by atoms with Crippen LogP contribution in [0.5, 0.6) is 5.75 Å². The number of carboxylic acid groups (broad SMARTS) is 1. The van der Waals surface area contributed by atoms with E-state index in [0.717, 1.165) is 10.1 Å². The van der Waals surface area contributed by atoms with E-state index in [1.807, 2.05) is 18.2 Å². The second-order valence-corrected chi connectivity index (χ2v) is 7.63. The highest BCUT2D eigenvalue weighted by molar-refractivity contribution is 5.85. The number of aliphatic carboxylic acids is 1. The lowest BCUT2D eigenvalue weighted by Crippen LogP contribution is -2.20. The third-order valence-electron chi connectivity index (χ3n) is 5.25. The lowest BCUT2D eigenvalue weighted by Gasteiger charge is -2.07. The summed E-state index contributed by atoms with van der Waals surface area (Å²) in [5, 5.41) is 25.7. The van der Waals surface area contributed by atoms with Gasteiger partial charge in [0.25, 0.3) is 5.56 Å². The van der Waals surface area contributed by atoms with Crippen LogP contribution in [0, 0.1) is 10.1 Å². The summed E-state index contributed by atoms with van der Waals surface area (Å²) in [6.07, 6.45) is 1.26. The van der Waals surface area contributed by atoms with Gasteiger partial charge in [-0.05, 0) is 36.4 Å². The summed E-state index contributed by atoms with van der Waals surface area (Å²) in [5.41, 5.74) is 0.447. The molecule has 36 heavy (non-hydrogen) atoms. The Bertz CT molecular complexity index is 1700. The molecule has 3 aromatic carbocycles. The number of rotatable bonds is 7. The van der Waals surface area contributed by atoms with Crippen molar-refractivity contribution in [1.82, 2.24) is 9.66 Å². The first-order valence-corrected chi connectivity index (χ1v) is 10.6. The second kappa shape index (κ2) is 9.14. The molecular weight excluding hydrogens is 468 g/mol. The number of carboxylic acids is 1. The number of carbonyl (C=O) groups is 1. The van der Waals surface area contributed by atoms with Gasteiger partial charge in [0.2, 0.25) is 5.82 Å². The van der Waals surface area contributed by atoms with Gasteiger partial charge in [0.05, 0.1) is 22.0 Å². The van der Waals surface area contributed by atoms with Crippen molar-refractivity contribution in [2.75, 3.05) is 6.61 Å². The van der Waals surface area contributed by atoms with Gasteiger partial charge in [-0.2, -0.15) is 9.78 Å². The molecule has 0 spiro atoms. The summed E-state index contributed by atoms with van der Waals surface area (Å²) in [5.74, 6) is -0.995. The number of para-hydroxylation sites is 2. The predicted octanol–water partition coefficient (Wildman–Crippen LogP) is 4.06. The van der Waals surface area contributed by atoms with Crippen LogP contribution in [0.15, 0.2) is 87.1 Å². The standard InChI is InChI=1S/C25H16N4O7/c30-23(31)14-35-21-10-9-15(11-19(21)29(33)34)13-26-28-24(22-12-16-5-1-4-8-20(16)36-22)27-18-7-3-2-6-17(18)25(28)32/h1-13H,14H2,(H,30,31). The Morgan fingerprint density at radius 1 is 1.14 bits per heavy atom. The zero-order chi connectivity index (χ0) is 25.2. The Labute approximate surface area is 201 Å². The van der Waals surface area contributed by atoms with Crippen molar-refractivity contribution in [3.05, 3.63) is 98.8 Å². The highest BCUT2D eigenvalue weighted by atomic mass is 16.6. The lowest BCUT2D eigenvalue weighted by atomic mass is 10.2. The number of nitrogens with zero attached hydrogens (tertiary/aromatic N) is 4. The van der Waals surface area contributed by atoms with Crippen LogP contribution in [0.1, 0.15) is 5.56 Å². The van der Waals surface area contributed by atoms with Crippen molar-refractivity contribution >= 4 is 39.7 Å². The Hall–Kier alpha value is -5.32. The first-order chi connectivity index (χ1) is 17.4. The molecule has 0 saturated heterocycles. The van der Waals surface area contributed by atoms with Crippen molar-refractivity contribution in [3.8, 4) is 17.3 Å². The van der Waals surface area contributed by atoms with Crippen molar-refractivity contribution in [3.63, 3.8) is 0 Å². The third-order valence-corrected chi connectivity index (χ3v) is 5.25. The SMILES string of the molecule is O=C(O)COc1ccc(C=Nn2c(-c3cc4ccccc4o3)nc3ccccc3c2=O)cc1[N+](=O)[O-]. The minimum Gasteiger partial charge on any atom is -0.479 e. The minimum atomic E-state index is -1.27. The van der Waals surface area contributed by atoms with Gasteiger partial charge in [-0.15, -0.1) is 0 Å². The Morgan fingerprint density at radius 3 is 2.69 bits per heavy atom. The van der Waals surface area contributed by atoms with Gasteiger partial charge in [0.1, 0.15) is 5.58 Å². The number of ether oxygens (including phenoxy) is 1. The molecule has 0 fully saturated rings. The van der Waals surface area contributed by atoms with E-state index in [1.165, 1.54) is 24.4 Å². The fourth-order valence-electron chi connectivity index (χ4n) is 3.63. The van der Waals surface area contributed by atoms with E-state index < -0.39 is 28.7 Å². The van der Waals surface area contributed by atoms with Crippen molar-refractivity contribution in [2.24, 2.45) is 5.10 Å². The molecule has 0 aliphatic carbocycles. The average molecular weight is 484 g/mol. The molecule has 178 valence electrons. The number of hydrogen-bond donors (Lipinski definition) is 1. The molecule has 5 rings (SSSR count). The van der Waals surface area contributed by atoms with E-state index in [4.69, 9.17) is 14.3 Å². The van der Waals surface area contributed by atoms with Gasteiger partial charge < -0.3 is 14.3 Å². The normalized spacial score (nSPS) is 11.3. The predicted molar refractivity (Wildman–Crippen MR) is 130 cm³/mol. The number of nitro groups is 1. The fraction of sp³-hybridized carbons (Fsp3) is 0.0400. The van der Waals surface area contributed by atoms with E-state index in [2.05, 4.69) is 10.1 Å². The number of benzene rings is 3. The second-order valence-electron chi connectivity index (χ2n) is 7.63. The fourth-order valence-corrected chi connectivity index (χ4v) is 3.63. The van der Waals surface area contributed by atoms with Crippen LogP contribution in [0.4, 0.5) is 5.69 Å². The zero-order valence-electron chi connectivity index (χ0n) is 18.4. The minimum absolute atomic E-state index is 0.155. The van der Waals surface area contributed by atoms with E-state index in [9.17, 15) is 19.7 Å². The number of furan rings is 1. The topological polar surface area (TPSA) is 150 Å². The quantitative estimate of drug-likeness (QED) is 0.206. The van der Waals surface area contributed by atoms with Crippen molar-refractivity contribution in [2.45, 2.75) is 0 Å². The Balaban J connectivity index is 1.62. The van der Waals surface area contributed by atoms with E-state index in [1.54, 1.807) is 36.4 Å². The molecule has 0 atom stereocenters. The molecule has 2 heterocycles. The van der Waals surface area contributed by atoms with Crippen molar-refractivity contribution in [1.29, 1.82) is 0 Å². The maximum atomic E-state index is 13.3. The monoisotopic (exact) mass is 484 g/mol. The average Bonchev–Trinajstić information content (AvgIpc) is 3.31. The number of hydrogen-bond acceptors (Lipinski definition) is 8. The number of aromatic nitrogens is 2. The van der Waals surface area contributed by atoms with Gasteiger partial charge in [0.15, 0.2) is 18.1 Å². The van der Waals surface area contributed by atoms with Gasteiger partial charge in [0, 0.05) is 17.0 Å². The van der Waals surface area contributed by atoms with Crippen molar-refractivity contribution < 1.29 is 24.0 Å². The molecule has 0 bridgehead atoms. The summed E-state index contributed by atoms with van der Waals surface area (Å²) >= 11 is 0. The summed E-state index contributed by atoms with van der Waals surface area (Å²) in [7, 11) is 0. The van der Waals surface area contributed by atoms with Crippen LogP contribution < -0.4 is 10.3 Å². The molecule has 0 amide bonds. The Morgan fingerprint density at radius 2 is 1.92 bits per heavy atom. The van der Waals surface area contributed by atoms with E-state index in [-0.39, 0.29) is 17.1 Å². The van der Waals surface area contributed by atoms with Gasteiger partial charge in [-0.3, -0.25) is 14.9 Å². The van der Waals surface area contributed by atoms with Crippen LogP contribution in [-0.2, 0) is 4.79 Å². The van der Waals surface area contributed by atoms with Crippen LogP contribution in [0.25, 0.3) is 33.5 Å². The van der Waals surface area contributed by atoms with E-state index >= 15 is 0 Å². The molecular formula is C25H16N4O7. The highest BCUT2D eigenvalue weighted by Gasteiger charge is 2.18. The zero-order valence-corrected chi connectivity index (χ0v) is 18.4. The molecule has 11 heteroatoms. The third kappa shape index (κ3) is 4.28. The molecule has 5 aromatic rings. The molecule has 0 unspecified atom stereocenters. The maximum Gasteiger partial charge on any atom is 0.341 e. The maximum absolute atomic E-state index is 13.3. The van der Waals surface area contributed by atoms with Crippen LogP contribution >= 0.6 is 0 Å². The summed E-state index contributed by atoms with van der Waals surface area (Å²) in [6, 6.07) is 19.8. The van der Waals surface area contributed by atoms with Gasteiger partial charge in [-0.1, -0.05) is 30.3 Å². The van der Waals surface area contributed by atoms with E-state index in [0.29, 0.717) is 22.2 Å². The lowest BCUT2D eigenvalue weighted by molar-refractivity contribution is -0.385. The number of fused-ring (bicyclic) bond motifs is 2.